The molecule has 0 bridgehead atoms. The van der Waals surface area contributed by atoms with E-state index in [1.54, 1.807) is 17.5 Å². The summed E-state index contributed by atoms with van der Waals surface area (Å²) in [5.41, 5.74) is 1.36. The van der Waals surface area contributed by atoms with E-state index < -0.39 is 10.0 Å². The zero-order valence-corrected chi connectivity index (χ0v) is 16.0. The quantitative estimate of drug-likeness (QED) is 0.807. The van der Waals surface area contributed by atoms with Crippen molar-refractivity contribution in [3.05, 3.63) is 60.1 Å². The van der Waals surface area contributed by atoms with Crippen molar-refractivity contribution in [2.45, 2.75) is 25.3 Å². The summed E-state index contributed by atoms with van der Waals surface area (Å²) in [6.07, 6.45) is 2.58. The highest BCUT2D eigenvalue weighted by Gasteiger charge is 2.51. The molecule has 6 heteroatoms. The van der Waals surface area contributed by atoms with Gasteiger partial charge in [-0.1, -0.05) is 30.3 Å². The molecule has 0 radical (unpaired) electrons. The second-order valence-corrected chi connectivity index (χ2v) is 9.73. The van der Waals surface area contributed by atoms with Crippen molar-refractivity contribution in [1.82, 2.24) is 9.21 Å². The fourth-order valence-electron chi connectivity index (χ4n) is 4.68. The second-order valence-electron chi connectivity index (χ2n) is 7.48. The Morgan fingerprint density at radius 2 is 1.96 bits per heavy atom. The molecular weight excluding hydrogens is 348 g/mol. The van der Waals surface area contributed by atoms with Gasteiger partial charge >= 0.3 is 0 Å². The highest BCUT2D eigenvalue weighted by Crippen LogP contribution is 2.46. The first-order valence-corrected chi connectivity index (χ1v) is 10.9. The molecule has 2 aromatic rings. The molecule has 2 aliphatic rings. The van der Waals surface area contributed by atoms with Crippen molar-refractivity contribution in [3.63, 3.8) is 0 Å². The molecule has 3 heterocycles. The Hall–Kier alpha value is -1.63. The van der Waals surface area contributed by atoms with Crippen molar-refractivity contribution in [1.29, 1.82) is 0 Å². The van der Waals surface area contributed by atoms with Gasteiger partial charge in [0, 0.05) is 31.6 Å². The molecule has 0 saturated carbocycles. The van der Waals surface area contributed by atoms with Crippen LogP contribution in [0.4, 0.5) is 0 Å². The summed E-state index contributed by atoms with van der Waals surface area (Å²) < 4.78 is 32.1. The molecule has 2 saturated heterocycles. The largest absolute Gasteiger partial charge is 0.468 e. The summed E-state index contributed by atoms with van der Waals surface area (Å²) in [5.74, 6) is 1.44. The average Bonchev–Trinajstić information content (AvgIpc) is 3.29. The lowest BCUT2D eigenvalue weighted by atomic mass is 9.68. The van der Waals surface area contributed by atoms with Crippen LogP contribution in [0.3, 0.4) is 0 Å². The normalized spacial score (nSPS) is 27.5. The van der Waals surface area contributed by atoms with Crippen LogP contribution < -0.4 is 0 Å². The van der Waals surface area contributed by atoms with Crippen molar-refractivity contribution >= 4 is 10.0 Å². The van der Waals surface area contributed by atoms with Gasteiger partial charge in [0.2, 0.25) is 10.0 Å². The van der Waals surface area contributed by atoms with Gasteiger partial charge in [0.25, 0.3) is 0 Å². The van der Waals surface area contributed by atoms with Crippen LogP contribution >= 0.6 is 0 Å². The molecule has 0 aliphatic carbocycles. The first kappa shape index (κ1) is 17.8. The Balaban J connectivity index is 1.63. The van der Waals surface area contributed by atoms with E-state index in [1.807, 2.05) is 18.2 Å². The number of likely N-dealkylation sites (tertiary alicyclic amines) is 1. The molecular formula is C20H26N2O3S. The smallest absolute Gasteiger partial charge is 0.213 e. The number of rotatable bonds is 5. The van der Waals surface area contributed by atoms with Gasteiger partial charge in [0.05, 0.1) is 18.6 Å². The zero-order valence-electron chi connectivity index (χ0n) is 15.2. The van der Waals surface area contributed by atoms with Crippen LogP contribution in [0.15, 0.2) is 53.1 Å². The van der Waals surface area contributed by atoms with Crippen LogP contribution in [0, 0.1) is 5.92 Å². The molecule has 0 amide bonds. The molecule has 2 atom stereocenters. The lowest BCUT2D eigenvalue weighted by Crippen LogP contribution is -2.51. The highest BCUT2D eigenvalue weighted by molar-refractivity contribution is 7.89. The van der Waals surface area contributed by atoms with Crippen molar-refractivity contribution in [3.8, 4) is 0 Å². The number of sulfonamides is 1. The Kier molecular flexibility index (Phi) is 4.67. The van der Waals surface area contributed by atoms with Crippen molar-refractivity contribution in [2.75, 3.05) is 31.9 Å². The molecule has 0 spiro atoms. The third kappa shape index (κ3) is 3.10. The van der Waals surface area contributed by atoms with Gasteiger partial charge in [0.15, 0.2) is 0 Å². The minimum Gasteiger partial charge on any atom is -0.468 e. The number of nitrogens with zero attached hydrogens (tertiary/aromatic N) is 2. The molecule has 140 valence electrons. The van der Waals surface area contributed by atoms with Crippen LogP contribution in [0.25, 0.3) is 0 Å². The van der Waals surface area contributed by atoms with E-state index in [9.17, 15) is 8.42 Å². The highest BCUT2D eigenvalue weighted by atomic mass is 32.2. The molecule has 0 N–H and O–H groups in total. The maximum Gasteiger partial charge on any atom is 0.213 e. The van der Waals surface area contributed by atoms with Gasteiger partial charge in [-0.2, -0.15) is 0 Å². The summed E-state index contributed by atoms with van der Waals surface area (Å²) in [6, 6.07) is 14.5. The van der Waals surface area contributed by atoms with E-state index in [2.05, 4.69) is 29.2 Å². The van der Waals surface area contributed by atoms with E-state index in [-0.39, 0.29) is 11.2 Å². The van der Waals surface area contributed by atoms with Crippen LogP contribution in [0.5, 0.6) is 0 Å². The number of benzene rings is 1. The molecule has 2 fully saturated rings. The standard InChI is InChI=1S/C20H26N2O3S/c1-2-26(23,24)22-11-10-20(17-7-4-3-5-8-17)16-21(13-18(20)14-22)15-19-9-6-12-25-19/h3-9,12,18H,2,10-11,13-16H2,1H3. The first-order valence-electron chi connectivity index (χ1n) is 9.31. The Morgan fingerprint density at radius 3 is 2.65 bits per heavy atom. The summed E-state index contributed by atoms with van der Waals surface area (Å²) >= 11 is 0. The van der Waals surface area contributed by atoms with Gasteiger partial charge < -0.3 is 4.42 Å². The number of piperidine rings is 1. The van der Waals surface area contributed by atoms with Crippen molar-refractivity contribution in [2.24, 2.45) is 5.92 Å². The van der Waals surface area contributed by atoms with E-state index >= 15 is 0 Å². The fourth-order valence-corrected chi connectivity index (χ4v) is 5.82. The van der Waals surface area contributed by atoms with Crippen LogP contribution in [-0.2, 0) is 22.0 Å². The summed E-state index contributed by atoms with van der Waals surface area (Å²) in [6.45, 7) is 5.56. The minimum atomic E-state index is -3.14. The lowest BCUT2D eigenvalue weighted by molar-refractivity contribution is 0.188. The van der Waals surface area contributed by atoms with E-state index in [1.165, 1.54) is 5.56 Å². The fraction of sp³-hybridized carbons (Fsp3) is 0.500. The van der Waals surface area contributed by atoms with E-state index in [4.69, 9.17) is 4.42 Å². The molecule has 5 nitrogen and oxygen atoms in total. The number of furan rings is 1. The van der Waals surface area contributed by atoms with Gasteiger partial charge in [-0.05, 0) is 37.0 Å². The Morgan fingerprint density at radius 1 is 1.15 bits per heavy atom. The number of fused-ring (bicyclic) bond motifs is 1. The van der Waals surface area contributed by atoms with Gasteiger partial charge in [-0.3, -0.25) is 4.90 Å². The summed E-state index contributed by atoms with van der Waals surface area (Å²) in [7, 11) is -3.14. The Bertz CT molecular complexity index is 835. The van der Waals surface area contributed by atoms with Gasteiger partial charge in [-0.15, -0.1) is 0 Å². The van der Waals surface area contributed by atoms with Crippen LogP contribution in [0.1, 0.15) is 24.7 Å². The zero-order chi connectivity index (χ0) is 18.2. The topological polar surface area (TPSA) is 53.8 Å². The van der Waals surface area contributed by atoms with Crippen molar-refractivity contribution < 1.29 is 12.8 Å². The molecule has 4 rings (SSSR count). The van der Waals surface area contributed by atoms with Crippen LogP contribution in [-0.4, -0.2) is 49.6 Å². The molecule has 2 aliphatic heterocycles. The Labute approximate surface area is 155 Å². The number of hydrogen-bond donors (Lipinski definition) is 0. The molecule has 26 heavy (non-hydrogen) atoms. The molecule has 1 aromatic heterocycles. The van der Waals surface area contributed by atoms with Gasteiger partial charge in [-0.25, -0.2) is 12.7 Å². The molecule has 1 aromatic carbocycles. The summed E-state index contributed by atoms with van der Waals surface area (Å²) in [4.78, 5) is 2.42. The predicted octanol–water partition coefficient (Wildman–Crippen LogP) is 2.70. The number of hydrogen-bond acceptors (Lipinski definition) is 4. The minimum absolute atomic E-state index is 0.0214. The maximum absolute atomic E-state index is 12.4. The first-order chi connectivity index (χ1) is 12.5. The second kappa shape index (κ2) is 6.83. The third-order valence-corrected chi connectivity index (χ3v) is 7.91. The van der Waals surface area contributed by atoms with E-state index in [0.717, 1.165) is 31.8 Å². The SMILES string of the molecule is CCS(=O)(=O)N1CCC2(c3ccccc3)CN(Cc3ccco3)CC2C1. The molecule has 2 unspecified atom stereocenters. The predicted molar refractivity (Wildman–Crippen MR) is 101 cm³/mol. The monoisotopic (exact) mass is 374 g/mol. The maximum atomic E-state index is 12.4. The lowest BCUT2D eigenvalue weighted by Gasteiger charge is -2.43. The van der Waals surface area contributed by atoms with E-state index in [0.29, 0.717) is 19.0 Å². The third-order valence-electron chi connectivity index (χ3n) is 6.06. The summed E-state index contributed by atoms with van der Waals surface area (Å²) in [5, 5.41) is 0. The van der Waals surface area contributed by atoms with Gasteiger partial charge in [0.1, 0.15) is 5.76 Å². The average molecular weight is 375 g/mol. The van der Waals surface area contributed by atoms with Crippen LogP contribution in [0.2, 0.25) is 0 Å².